The predicted octanol–water partition coefficient (Wildman–Crippen LogP) is -3.00. The Bertz CT molecular complexity index is 432. The summed E-state index contributed by atoms with van der Waals surface area (Å²) < 4.78 is 14.4. The lowest BCUT2D eigenvalue weighted by Gasteiger charge is -2.45. The van der Waals surface area contributed by atoms with Gasteiger partial charge in [-0.15, -0.1) is 0 Å². The lowest BCUT2D eigenvalue weighted by Crippen LogP contribution is -2.67. The summed E-state index contributed by atoms with van der Waals surface area (Å²) in [6.45, 7) is -0.852. The second kappa shape index (κ2) is 7.86. The largest absolute Gasteiger partial charge is 0.477 e. The maximum atomic E-state index is 11.4. The highest BCUT2D eigenvalue weighted by Crippen LogP contribution is 2.32. The number of amides is 1. The van der Waals surface area contributed by atoms with Crippen molar-refractivity contribution in [2.24, 2.45) is 0 Å². The smallest absolute Gasteiger partial charge is 0.407 e. The van der Waals surface area contributed by atoms with Crippen LogP contribution < -0.4 is 5.32 Å². The van der Waals surface area contributed by atoms with Crippen molar-refractivity contribution in [2.75, 3.05) is 20.8 Å². The fraction of sp³-hybridized carbons (Fsp3) is 0.833. The first kappa shape index (κ1) is 19.5. The topological polar surface area (TPSA) is 175 Å². The highest BCUT2D eigenvalue weighted by molar-refractivity contribution is 5.76. The first-order chi connectivity index (χ1) is 10.7. The Morgan fingerprint density at radius 3 is 2.43 bits per heavy atom. The number of methoxy groups -OCH3 is 2. The van der Waals surface area contributed by atoms with Crippen LogP contribution in [0.5, 0.6) is 0 Å². The highest BCUT2D eigenvalue weighted by atomic mass is 16.7. The number of carboxylic acids is 1. The van der Waals surface area contributed by atoms with Crippen LogP contribution in [0.4, 0.5) is 4.79 Å². The molecule has 0 aliphatic carbocycles. The standard InChI is InChI=1S/C12H21NO10/c1-21-11(20)13-7-5(15)3-12(22-2,10(18)19)23-9(7)8(17)6(16)4-14/h5-9,14-17H,3-4H2,1-2H3,(H,13,20)(H,18,19)/t5-,6?,7+,8?,9+,12+/m0/s1. The van der Waals surface area contributed by atoms with Crippen molar-refractivity contribution < 1.29 is 49.3 Å². The van der Waals surface area contributed by atoms with E-state index < -0.39 is 61.3 Å². The SMILES string of the molecule is COC(=O)N[C@@H]1[C@@H](O)C[C@](OC)(C(=O)O)O[C@H]1C(O)C(O)CO. The van der Waals surface area contributed by atoms with E-state index in [1.807, 2.05) is 0 Å². The van der Waals surface area contributed by atoms with Crippen molar-refractivity contribution in [2.45, 2.75) is 42.7 Å². The van der Waals surface area contributed by atoms with Gasteiger partial charge in [-0.1, -0.05) is 0 Å². The number of nitrogens with one attached hydrogen (secondary N) is 1. The molecule has 0 saturated carbocycles. The van der Waals surface area contributed by atoms with Gasteiger partial charge in [0.05, 0.1) is 25.9 Å². The molecule has 1 fully saturated rings. The number of ether oxygens (including phenoxy) is 3. The molecule has 6 atom stereocenters. The summed E-state index contributed by atoms with van der Waals surface area (Å²) in [5.41, 5.74) is 0. The molecule has 23 heavy (non-hydrogen) atoms. The van der Waals surface area contributed by atoms with Crippen LogP contribution in [0.3, 0.4) is 0 Å². The maximum Gasteiger partial charge on any atom is 0.407 e. The van der Waals surface area contributed by atoms with Crippen LogP contribution in [0.2, 0.25) is 0 Å². The molecule has 1 amide bonds. The maximum absolute atomic E-state index is 11.4. The van der Waals surface area contributed by atoms with Gasteiger partial charge in [0.25, 0.3) is 5.79 Å². The lowest BCUT2D eigenvalue weighted by molar-refractivity contribution is -0.303. The molecule has 0 aromatic heterocycles. The molecule has 0 spiro atoms. The molecule has 1 saturated heterocycles. The molecule has 11 nitrogen and oxygen atoms in total. The fourth-order valence-electron chi connectivity index (χ4n) is 2.30. The summed E-state index contributed by atoms with van der Waals surface area (Å²) >= 11 is 0. The van der Waals surface area contributed by atoms with Crippen LogP contribution in [0, 0.1) is 0 Å². The van der Waals surface area contributed by atoms with Crippen molar-refractivity contribution in [1.29, 1.82) is 0 Å². The van der Waals surface area contributed by atoms with Crippen molar-refractivity contribution in [1.82, 2.24) is 5.32 Å². The minimum absolute atomic E-state index is 0.550. The Kier molecular flexibility index (Phi) is 6.68. The monoisotopic (exact) mass is 339 g/mol. The molecule has 0 aromatic rings. The molecule has 0 radical (unpaired) electrons. The summed E-state index contributed by atoms with van der Waals surface area (Å²) in [4.78, 5) is 22.7. The molecule has 1 aliphatic rings. The average Bonchev–Trinajstić information content (AvgIpc) is 2.54. The molecule has 0 aromatic carbocycles. The third-order valence-corrected chi connectivity index (χ3v) is 3.62. The van der Waals surface area contributed by atoms with E-state index in [1.165, 1.54) is 0 Å². The number of aliphatic carboxylic acids is 1. The van der Waals surface area contributed by atoms with E-state index in [2.05, 4.69) is 10.1 Å². The predicted molar refractivity (Wildman–Crippen MR) is 71.3 cm³/mol. The first-order valence-corrected chi connectivity index (χ1v) is 6.68. The van der Waals surface area contributed by atoms with Gasteiger partial charge in [0.2, 0.25) is 0 Å². The van der Waals surface area contributed by atoms with Gasteiger partial charge in [-0.3, -0.25) is 0 Å². The lowest BCUT2D eigenvalue weighted by atomic mass is 9.88. The molecule has 0 bridgehead atoms. The number of alkyl carbamates (subject to hydrolysis) is 1. The molecule has 1 rings (SSSR count). The third kappa shape index (κ3) is 4.07. The van der Waals surface area contributed by atoms with E-state index in [0.29, 0.717) is 0 Å². The average molecular weight is 339 g/mol. The van der Waals surface area contributed by atoms with Gasteiger partial charge in [0, 0.05) is 13.5 Å². The quantitative estimate of drug-likeness (QED) is 0.292. The zero-order chi connectivity index (χ0) is 17.8. The number of aliphatic hydroxyl groups is 4. The number of hydrogen-bond donors (Lipinski definition) is 6. The van der Waals surface area contributed by atoms with E-state index in [1.54, 1.807) is 0 Å². The molecule has 1 heterocycles. The van der Waals surface area contributed by atoms with Gasteiger partial charge in [0.1, 0.15) is 18.3 Å². The Morgan fingerprint density at radius 2 is 2.00 bits per heavy atom. The molecule has 11 heteroatoms. The van der Waals surface area contributed by atoms with Gasteiger partial charge in [-0.25, -0.2) is 9.59 Å². The van der Waals surface area contributed by atoms with Gasteiger partial charge in [-0.05, 0) is 0 Å². The van der Waals surface area contributed by atoms with Gasteiger partial charge < -0.3 is 45.1 Å². The highest BCUT2D eigenvalue weighted by Gasteiger charge is 2.55. The minimum Gasteiger partial charge on any atom is -0.477 e. The summed E-state index contributed by atoms with van der Waals surface area (Å²) in [5, 5.41) is 50.1. The number of aliphatic hydroxyl groups excluding tert-OH is 4. The van der Waals surface area contributed by atoms with Crippen molar-refractivity contribution in [3.8, 4) is 0 Å². The van der Waals surface area contributed by atoms with E-state index in [0.717, 1.165) is 14.2 Å². The van der Waals surface area contributed by atoms with Gasteiger partial charge in [-0.2, -0.15) is 0 Å². The molecule has 1 aliphatic heterocycles. The summed E-state index contributed by atoms with van der Waals surface area (Å²) in [6, 6.07) is -1.30. The van der Waals surface area contributed by atoms with E-state index in [9.17, 15) is 30.0 Å². The molecule has 6 N–H and O–H groups in total. The zero-order valence-electron chi connectivity index (χ0n) is 12.6. The Labute approximate surface area is 131 Å². The van der Waals surface area contributed by atoms with Gasteiger partial charge in [0.15, 0.2) is 0 Å². The Hall–Kier alpha value is -1.50. The second-order valence-corrected chi connectivity index (χ2v) is 5.02. The fourth-order valence-corrected chi connectivity index (χ4v) is 2.30. The van der Waals surface area contributed by atoms with Crippen LogP contribution in [-0.4, -0.2) is 94.7 Å². The number of carboxylic acid groups (broad SMARTS) is 1. The summed E-state index contributed by atoms with van der Waals surface area (Å²) in [5.74, 6) is -3.85. The second-order valence-electron chi connectivity index (χ2n) is 5.02. The van der Waals surface area contributed by atoms with Crippen molar-refractivity contribution in [3.05, 3.63) is 0 Å². The molecule has 2 unspecified atom stereocenters. The first-order valence-electron chi connectivity index (χ1n) is 6.68. The van der Waals surface area contributed by atoms with Crippen molar-refractivity contribution in [3.63, 3.8) is 0 Å². The number of carbonyl (C=O) groups is 2. The van der Waals surface area contributed by atoms with Gasteiger partial charge >= 0.3 is 12.1 Å². The normalized spacial score (nSPS) is 33.6. The Balaban J connectivity index is 3.14. The van der Waals surface area contributed by atoms with Crippen LogP contribution in [0.1, 0.15) is 6.42 Å². The van der Waals surface area contributed by atoms with Crippen LogP contribution in [-0.2, 0) is 19.0 Å². The van der Waals surface area contributed by atoms with E-state index in [4.69, 9.17) is 14.6 Å². The third-order valence-electron chi connectivity index (χ3n) is 3.62. The zero-order valence-corrected chi connectivity index (χ0v) is 12.6. The number of hydrogen-bond acceptors (Lipinski definition) is 9. The molecule has 134 valence electrons. The van der Waals surface area contributed by atoms with Crippen molar-refractivity contribution >= 4 is 12.1 Å². The number of rotatable bonds is 6. The summed E-state index contributed by atoms with van der Waals surface area (Å²) in [6.07, 6.45) is -8.11. The van der Waals surface area contributed by atoms with Crippen LogP contribution in [0.25, 0.3) is 0 Å². The van der Waals surface area contributed by atoms with Crippen LogP contribution in [0.15, 0.2) is 0 Å². The van der Waals surface area contributed by atoms with Crippen LogP contribution >= 0.6 is 0 Å². The molecular formula is C12H21NO10. The van der Waals surface area contributed by atoms with E-state index in [-0.39, 0.29) is 0 Å². The number of carbonyl (C=O) groups excluding carboxylic acids is 1. The Morgan fingerprint density at radius 1 is 1.39 bits per heavy atom. The van der Waals surface area contributed by atoms with E-state index >= 15 is 0 Å². The summed E-state index contributed by atoms with van der Waals surface area (Å²) in [7, 11) is 2.09. The molecular weight excluding hydrogens is 318 g/mol. The minimum atomic E-state index is -2.28.